The van der Waals surface area contributed by atoms with Gasteiger partial charge in [0.15, 0.2) is 0 Å². The van der Waals surface area contributed by atoms with Crippen LogP contribution in [-0.4, -0.2) is 37.0 Å². The van der Waals surface area contributed by atoms with Crippen LogP contribution in [0.15, 0.2) is 29.2 Å². The largest absolute Gasteiger partial charge is 0.392 e. The molecule has 0 bridgehead atoms. The molecule has 0 radical (unpaired) electrons. The minimum absolute atomic E-state index is 0.216. The minimum Gasteiger partial charge on any atom is -0.392 e. The first-order valence-corrected chi connectivity index (χ1v) is 10.7. The minimum atomic E-state index is -3.46. The molecule has 0 unspecified atom stereocenters. The first-order valence-electron chi connectivity index (χ1n) is 9.25. The Kier molecular flexibility index (Phi) is 5.33. The van der Waals surface area contributed by atoms with E-state index in [4.69, 9.17) is 0 Å². The molecule has 1 aliphatic heterocycles. The number of aliphatic hydroxyl groups excluding tert-OH is 1. The van der Waals surface area contributed by atoms with Gasteiger partial charge in [0, 0.05) is 18.5 Å². The smallest absolute Gasteiger partial charge is 0.243 e. The van der Waals surface area contributed by atoms with Gasteiger partial charge in [-0.05, 0) is 56.2 Å². The van der Waals surface area contributed by atoms with E-state index in [0.29, 0.717) is 18.0 Å². The van der Waals surface area contributed by atoms with E-state index >= 15 is 0 Å². The van der Waals surface area contributed by atoms with Crippen LogP contribution < -0.4 is 0 Å². The number of sulfonamides is 1. The molecule has 1 aliphatic carbocycles. The monoisotopic (exact) mass is 351 g/mol. The molecule has 1 heterocycles. The van der Waals surface area contributed by atoms with Gasteiger partial charge in [-0.1, -0.05) is 31.9 Å². The zero-order valence-electron chi connectivity index (χ0n) is 14.6. The molecule has 0 aromatic heterocycles. The summed E-state index contributed by atoms with van der Waals surface area (Å²) in [7, 11) is -3.46. The van der Waals surface area contributed by atoms with Crippen molar-refractivity contribution >= 4 is 10.0 Å². The van der Waals surface area contributed by atoms with Gasteiger partial charge < -0.3 is 5.11 Å². The van der Waals surface area contributed by atoms with Crippen LogP contribution in [-0.2, 0) is 16.4 Å². The SMILES string of the molecule is CCCCc1ccc(S(=O)(=O)N2CCC[C@]3(CCC[C@H]3O)C2)cc1. The van der Waals surface area contributed by atoms with E-state index in [0.717, 1.165) is 51.4 Å². The van der Waals surface area contributed by atoms with Gasteiger partial charge in [0.05, 0.1) is 11.0 Å². The Morgan fingerprint density at radius 2 is 1.92 bits per heavy atom. The van der Waals surface area contributed by atoms with Crippen LogP contribution in [0.25, 0.3) is 0 Å². The summed E-state index contributed by atoms with van der Waals surface area (Å²) in [5, 5.41) is 10.4. The van der Waals surface area contributed by atoms with Crippen LogP contribution in [0, 0.1) is 5.41 Å². The summed E-state index contributed by atoms with van der Waals surface area (Å²) < 4.78 is 27.6. The molecule has 1 saturated heterocycles. The molecule has 134 valence electrons. The molecule has 2 fully saturated rings. The van der Waals surface area contributed by atoms with Crippen molar-refractivity contribution in [3.63, 3.8) is 0 Å². The molecule has 0 amide bonds. The Bertz CT molecular complexity index is 656. The maximum Gasteiger partial charge on any atom is 0.243 e. The normalized spacial score (nSPS) is 28.5. The molecular formula is C19H29NO3S. The van der Waals surface area contributed by atoms with E-state index in [2.05, 4.69) is 6.92 Å². The van der Waals surface area contributed by atoms with E-state index < -0.39 is 10.0 Å². The van der Waals surface area contributed by atoms with Gasteiger partial charge in [-0.15, -0.1) is 0 Å². The van der Waals surface area contributed by atoms with Crippen LogP contribution >= 0.6 is 0 Å². The molecule has 1 saturated carbocycles. The second-order valence-corrected chi connectivity index (χ2v) is 9.40. The summed E-state index contributed by atoms with van der Waals surface area (Å²) in [5.74, 6) is 0. The van der Waals surface area contributed by atoms with Crippen molar-refractivity contribution in [2.24, 2.45) is 5.41 Å². The van der Waals surface area contributed by atoms with E-state index in [1.165, 1.54) is 5.56 Å². The quantitative estimate of drug-likeness (QED) is 0.885. The highest BCUT2D eigenvalue weighted by atomic mass is 32.2. The number of benzene rings is 1. The summed E-state index contributed by atoms with van der Waals surface area (Å²) >= 11 is 0. The molecule has 5 heteroatoms. The van der Waals surface area contributed by atoms with Crippen LogP contribution in [0.5, 0.6) is 0 Å². The average molecular weight is 352 g/mol. The summed E-state index contributed by atoms with van der Waals surface area (Å²) in [4.78, 5) is 0.382. The predicted octanol–water partition coefficient (Wildman–Crippen LogP) is 3.34. The van der Waals surface area contributed by atoms with Gasteiger partial charge >= 0.3 is 0 Å². The van der Waals surface area contributed by atoms with Crippen molar-refractivity contribution in [1.29, 1.82) is 0 Å². The van der Waals surface area contributed by atoms with E-state index in [-0.39, 0.29) is 11.5 Å². The van der Waals surface area contributed by atoms with Gasteiger partial charge in [-0.25, -0.2) is 8.42 Å². The van der Waals surface area contributed by atoms with E-state index in [1.807, 2.05) is 12.1 Å². The maximum absolute atomic E-state index is 13.0. The fourth-order valence-electron chi connectivity index (χ4n) is 4.28. The summed E-state index contributed by atoms with van der Waals surface area (Å²) in [6.45, 7) is 3.19. The van der Waals surface area contributed by atoms with Gasteiger partial charge in [-0.3, -0.25) is 0 Å². The lowest BCUT2D eigenvalue weighted by atomic mass is 9.77. The zero-order chi connectivity index (χ0) is 17.2. The Morgan fingerprint density at radius 1 is 1.21 bits per heavy atom. The van der Waals surface area contributed by atoms with Crippen molar-refractivity contribution in [3.8, 4) is 0 Å². The number of hydrogen-bond acceptors (Lipinski definition) is 3. The van der Waals surface area contributed by atoms with Crippen LogP contribution in [0.4, 0.5) is 0 Å². The van der Waals surface area contributed by atoms with Gasteiger partial charge in [0.25, 0.3) is 0 Å². The molecule has 2 aliphatic rings. The van der Waals surface area contributed by atoms with Crippen molar-refractivity contribution in [3.05, 3.63) is 29.8 Å². The Hall–Kier alpha value is -0.910. The lowest BCUT2D eigenvalue weighted by molar-refractivity contribution is 0.0127. The first kappa shape index (κ1) is 17.9. The topological polar surface area (TPSA) is 57.6 Å². The number of rotatable bonds is 5. The van der Waals surface area contributed by atoms with Crippen LogP contribution in [0.3, 0.4) is 0 Å². The molecule has 1 aromatic carbocycles. The number of aryl methyl sites for hydroxylation is 1. The Labute approximate surface area is 145 Å². The molecule has 3 rings (SSSR count). The number of unbranched alkanes of at least 4 members (excludes halogenated alkanes) is 1. The fourth-order valence-corrected chi connectivity index (χ4v) is 5.85. The third-order valence-corrected chi connectivity index (χ3v) is 7.67. The highest BCUT2D eigenvalue weighted by Gasteiger charge is 2.47. The second kappa shape index (κ2) is 7.14. The lowest BCUT2D eigenvalue weighted by Gasteiger charge is -2.41. The number of aliphatic hydroxyl groups is 1. The summed E-state index contributed by atoms with van der Waals surface area (Å²) in [6.07, 6.45) is 7.43. The molecule has 1 aromatic rings. The number of nitrogens with zero attached hydrogens (tertiary/aromatic N) is 1. The molecular weight excluding hydrogens is 322 g/mol. The number of piperidine rings is 1. The summed E-state index contributed by atoms with van der Waals surface area (Å²) in [6, 6.07) is 7.36. The fraction of sp³-hybridized carbons (Fsp3) is 0.684. The van der Waals surface area contributed by atoms with Gasteiger partial charge in [0.1, 0.15) is 0 Å². The van der Waals surface area contributed by atoms with Gasteiger partial charge in [0.2, 0.25) is 10.0 Å². The average Bonchev–Trinajstić information content (AvgIpc) is 2.93. The molecule has 24 heavy (non-hydrogen) atoms. The van der Waals surface area contributed by atoms with E-state index in [1.54, 1.807) is 16.4 Å². The van der Waals surface area contributed by atoms with Crippen LogP contribution in [0.1, 0.15) is 57.4 Å². The Morgan fingerprint density at radius 3 is 2.54 bits per heavy atom. The van der Waals surface area contributed by atoms with Crippen molar-refractivity contribution in [2.45, 2.75) is 69.3 Å². The van der Waals surface area contributed by atoms with Crippen molar-refractivity contribution < 1.29 is 13.5 Å². The third-order valence-electron chi connectivity index (χ3n) is 5.81. The molecule has 2 atom stereocenters. The van der Waals surface area contributed by atoms with Crippen molar-refractivity contribution in [1.82, 2.24) is 4.31 Å². The predicted molar refractivity (Wildman–Crippen MR) is 95.3 cm³/mol. The standard InChI is InChI=1S/C19H29NO3S/c1-2-3-6-16-8-10-17(11-9-16)24(22,23)20-14-5-13-19(15-20)12-4-7-18(19)21/h8-11,18,21H,2-7,12-15H2,1H3/t18-,19-/m1/s1. The molecule has 1 spiro atoms. The summed E-state index contributed by atoms with van der Waals surface area (Å²) in [5.41, 5.74) is 0.976. The first-order chi connectivity index (χ1) is 11.5. The molecule has 4 nitrogen and oxygen atoms in total. The van der Waals surface area contributed by atoms with Gasteiger partial charge in [-0.2, -0.15) is 4.31 Å². The Balaban J connectivity index is 1.77. The highest BCUT2D eigenvalue weighted by Crippen LogP contribution is 2.45. The highest BCUT2D eigenvalue weighted by molar-refractivity contribution is 7.89. The number of hydrogen-bond donors (Lipinski definition) is 1. The maximum atomic E-state index is 13.0. The third kappa shape index (κ3) is 3.39. The zero-order valence-corrected chi connectivity index (χ0v) is 15.4. The van der Waals surface area contributed by atoms with Crippen molar-refractivity contribution in [2.75, 3.05) is 13.1 Å². The van der Waals surface area contributed by atoms with Crippen LogP contribution in [0.2, 0.25) is 0 Å². The lowest BCUT2D eigenvalue weighted by Crippen LogP contribution is -2.49. The molecule has 1 N–H and O–H groups in total. The van der Waals surface area contributed by atoms with E-state index in [9.17, 15) is 13.5 Å². The second-order valence-electron chi connectivity index (χ2n) is 7.46.